The van der Waals surface area contributed by atoms with Crippen molar-refractivity contribution in [3.63, 3.8) is 0 Å². The summed E-state index contributed by atoms with van der Waals surface area (Å²) in [6.45, 7) is 2.96. The highest BCUT2D eigenvalue weighted by molar-refractivity contribution is 5.69. The van der Waals surface area contributed by atoms with Crippen molar-refractivity contribution >= 4 is 5.97 Å². The molecule has 2 fully saturated rings. The largest absolute Gasteiger partial charge is 0.469 e. The molecule has 1 aromatic rings. The van der Waals surface area contributed by atoms with Crippen molar-refractivity contribution < 1.29 is 19.4 Å². The van der Waals surface area contributed by atoms with Gasteiger partial charge in [0.15, 0.2) is 0 Å². The van der Waals surface area contributed by atoms with Crippen LogP contribution in [0.25, 0.3) is 0 Å². The van der Waals surface area contributed by atoms with Crippen LogP contribution in [0.15, 0.2) is 54.6 Å². The molecule has 2 aliphatic rings. The summed E-state index contributed by atoms with van der Waals surface area (Å²) >= 11 is 0. The minimum Gasteiger partial charge on any atom is -0.469 e. The fraction of sp³-hybridized carbons (Fsp3) is 0.607. The van der Waals surface area contributed by atoms with Gasteiger partial charge in [-0.1, -0.05) is 80.8 Å². The first-order valence-electron chi connectivity index (χ1n) is 12.4. The number of ether oxygens (including phenoxy) is 2. The number of hydrogen-bond acceptors (Lipinski definition) is 4. The molecule has 3 rings (SSSR count). The van der Waals surface area contributed by atoms with Gasteiger partial charge < -0.3 is 14.6 Å². The Bertz CT molecular complexity index is 756. The van der Waals surface area contributed by atoms with Crippen LogP contribution in [0.1, 0.15) is 70.3 Å². The zero-order valence-electron chi connectivity index (χ0n) is 19.7. The van der Waals surface area contributed by atoms with E-state index in [0.717, 1.165) is 45.1 Å². The smallest absolute Gasteiger partial charge is 0.305 e. The zero-order valence-corrected chi connectivity index (χ0v) is 19.7. The van der Waals surface area contributed by atoms with E-state index in [1.807, 2.05) is 6.08 Å². The molecular weight excluding hydrogens is 400 g/mol. The van der Waals surface area contributed by atoms with E-state index in [1.165, 1.54) is 25.5 Å². The van der Waals surface area contributed by atoms with E-state index < -0.39 is 0 Å². The van der Waals surface area contributed by atoms with E-state index in [9.17, 15) is 9.90 Å². The predicted molar refractivity (Wildman–Crippen MR) is 128 cm³/mol. The second kappa shape index (κ2) is 12.4. The molecule has 0 amide bonds. The number of carbonyl (C=O) groups excluding carboxylic acids is 1. The van der Waals surface area contributed by atoms with E-state index >= 15 is 0 Å². The average Bonchev–Trinajstić information content (AvgIpc) is 3.38. The highest BCUT2D eigenvalue weighted by atomic mass is 16.5. The maximum Gasteiger partial charge on any atom is 0.305 e. The summed E-state index contributed by atoms with van der Waals surface area (Å²) in [5, 5.41) is 10.4. The summed E-state index contributed by atoms with van der Waals surface area (Å²) in [5.74, 6) is 0.610. The van der Waals surface area contributed by atoms with Gasteiger partial charge in [-0.2, -0.15) is 0 Å². The van der Waals surface area contributed by atoms with Crippen LogP contribution in [0.3, 0.4) is 0 Å². The van der Waals surface area contributed by atoms with Crippen molar-refractivity contribution in [2.45, 2.75) is 82.3 Å². The van der Waals surface area contributed by atoms with Crippen molar-refractivity contribution in [2.75, 3.05) is 13.7 Å². The third kappa shape index (κ3) is 6.11. The lowest BCUT2D eigenvalue weighted by molar-refractivity contribution is -0.140. The first-order chi connectivity index (χ1) is 15.6. The summed E-state index contributed by atoms with van der Waals surface area (Å²) in [4.78, 5) is 11.3. The lowest BCUT2D eigenvalue weighted by Gasteiger charge is -2.38. The number of allylic oxidation sites excluding steroid dienone is 2. The summed E-state index contributed by atoms with van der Waals surface area (Å²) in [7, 11) is 1.44. The molecule has 176 valence electrons. The quantitative estimate of drug-likeness (QED) is 0.241. The summed E-state index contributed by atoms with van der Waals surface area (Å²) in [6.07, 6.45) is 17.0. The lowest BCUT2D eigenvalue weighted by atomic mass is 9.69. The second-order valence-corrected chi connectivity index (χ2v) is 9.38. The van der Waals surface area contributed by atoms with Gasteiger partial charge in [0.25, 0.3) is 0 Å². The Kier molecular flexibility index (Phi) is 9.55. The highest BCUT2D eigenvalue weighted by Crippen LogP contribution is 2.57. The van der Waals surface area contributed by atoms with Crippen LogP contribution in [-0.2, 0) is 19.7 Å². The number of rotatable bonds is 13. The van der Waals surface area contributed by atoms with Gasteiger partial charge in [-0.3, -0.25) is 4.79 Å². The molecule has 1 saturated heterocycles. The lowest BCUT2D eigenvalue weighted by Crippen LogP contribution is -2.39. The number of fused-ring (bicyclic) bond motifs is 2. The number of esters is 1. The number of unbranched alkanes of at least 4 members (excludes halogenated alkanes) is 3. The standard InChI is InChI=1S/C28H40O4/c1-3-4-8-15-23(29)18-19-24-25(16-11-5-6-12-17-27(30)31-2)28(20-26(24)32-21-28)22-13-9-7-10-14-22/h5,7,9-11,13-14,18-19,23-26,29H,3-4,6,8,12,15-17,20-21H2,1-2H3/b11-5-,19-18+/t23-,24-,25-,26-,28-/m0/s1. The van der Waals surface area contributed by atoms with E-state index in [1.54, 1.807) is 0 Å². The van der Waals surface area contributed by atoms with Crippen molar-refractivity contribution in [1.29, 1.82) is 0 Å². The fourth-order valence-electron chi connectivity index (χ4n) is 5.48. The van der Waals surface area contributed by atoms with E-state index in [2.05, 4.69) is 55.5 Å². The molecule has 1 N–H and O–H groups in total. The van der Waals surface area contributed by atoms with Crippen molar-refractivity contribution in [2.24, 2.45) is 11.8 Å². The highest BCUT2D eigenvalue weighted by Gasteiger charge is 2.58. The van der Waals surface area contributed by atoms with Crippen LogP contribution in [0.4, 0.5) is 0 Å². The van der Waals surface area contributed by atoms with Gasteiger partial charge in [0.1, 0.15) is 0 Å². The molecular formula is C28H40O4. The molecule has 1 heterocycles. The normalized spacial score (nSPS) is 28.0. The number of carbonyl (C=O) groups is 1. The van der Waals surface area contributed by atoms with Gasteiger partial charge in [0.2, 0.25) is 0 Å². The summed E-state index contributed by atoms with van der Waals surface area (Å²) in [5.41, 5.74) is 1.40. The van der Waals surface area contributed by atoms with Crippen molar-refractivity contribution in [3.05, 3.63) is 60.2 Å². The van der Waals surface area contributed by atoms with Gasteiger partial charge >= 0.3 is 5.97 Å². The van der Waals surface area contributed by atoms with E-state index in [4.69, 9.17) is 9.47 Å². The molecule has 32 heavy (non-hydrogen) atoms. The van der Waals surface area contributed by atoms with Crippen LogP contribution in [-0.4, -0.2) is 37.0 Å². The van der Waals surface area contributed by atoms with Crippen molar-refractivity contribution in [3.8, 4) is 0 Å². The third-order valence-electron chi connectivity index (χ3n) is 7.27. The first kappa shape index (κ1) is 24.7. The van der Waals surface area contributed by atoms with Crippen LogP contribution in [0.5, 0.6) is 0 Å². The number of aliphatic hydroxyl groups is 1. The molecule has 1 saturated carbocycles. The molecule has 1 aliphatic heterocycles. The number of aliphatic hydroxyl groups excluding tert-OH is 1. The Morgan fingerprint density at radius 3 is 2.81 bits per heavy atom. The van der Waals surface area contributed by atoms with Gasteiger partial charge in [0.05, 0.1) is 25.9 Å². The minimum atomic E-state index is -0.372. The summed E-state index contributed by atoms with van der Waals surface area (Å²) in [6, 6.07) is 10.8. The van der Waals surface area contributed by atoms with E-state index in [-0.39, 0.29) is 23.6 Å². The Morgan fingerprint density at radius 1 is 1.25 bits per heavy atom. The van der Waals surface area contributed by atoms with Gasteiger partial charge in [0, 0.05) is 17.8 Å². The second-order valence-electron chi connectivity index (χ2n) is 9.38. The molecule has 0 aromatic heterocycles. The molecule has 0 spiro atoms. The maximum absolute atomic E-state index is 11.3. The maximum atomic E-state index is 11.3. The average molecular weight is 441 g/mol. The molecule has 0 unspecified atom stereocenters. The van der Waals surface area contributed by atoms with Crippen LogP contribution >= 0.6 is 0 Å². The van der Waals surface area contributed by atoms with Crippen molar-refractivity contribution in [1.82, 2.24) is 0 Å². The number of methoxy groups -OCH3 is 1. The van der Waals surface area contributed by atoms with Crippen LogP contribution < -0.4 is 0 Å². The van der Waals surface area contributed by atoms with Gasteiger partial charge in [-0.25, -0.2) is 0 Å². The monoisotopic (exact) mass is 440 g/mol. The van der Waals surface area contributed by atoms with Crippen LogP contribution in [0.2, 0.25) is 0 Å². The molecule has 4 nitrogen and oxygen atoms in total. The molecule has 5 atom stereocenters. The number of hydrogen-bond donors (Lipinski definition) is 1. The predicted octanol–water partition coefficient (Wildman–Crippen LogP) is 5.75. The Labute approximate surface area is 193 Å². The van der Waals surface area contributed by atoms with Crippen LogP contribution in [0, 0.1) is 11.8 Å². The Hall–Kier alpha value is -1.91. The Morgan fingerprint density at radius 2 is 2.06 bits per heavy atom. The molecule has 1 aromatic carbocycles. The molecule has 4 heteroatoms. The molecule has 2 bridgehead atoms. The molecule has 0 radical (unpaired) electrons. The zero-order chi connectivity index (χ0) is 22.8. The Balaban J connectivity index is 1.69. The van der Waals surface area contributed by atoms with Gasteiger partial charge in [-0.15, -0.1) is 0 Å². The van der Waals surface area contributed by atoms with E-state index in [0.29, 0.717) is 18.3 Å². The fourth-order valence-corrected chi connectivity index (χ4v) is 5.48. The first-order valence-corrected chi connectivity index (χ1v) is 12.4. The summed E-state index contributed by atoms with van der Waals surface area (Å²) < 4.78 is 11.0. The minimum absolute atomic E-state index is 0.0322. The number of benzene rings is 1. The third-order valence-corrected chi connectivity index (χ3v) is 7.27. The molecule has 1 aliphatic carbocycles. The topological polar surface area (TPSA) is 55.8 Å². The SMILES string of the molecule is CCCCC[C@H](O)/C=C/[C@@H]1[C@@H]2C[C@@](c3ccccc3)(CO2)[C@H]1C/C=C\CCCC(=O)OC. The van der Waals surface area contributed by atoms with Gasteiger partial charge in [-0.05, 0) is 43.6 Å².